The summed E-state index contributed by atoms with van der Waals surface area (Å²) in [6.07, 6.45) is 55.4. The molecule has 19 heteroatoms. The molecule has 0 saturated carbocycles. The van der Waals surface area contributed by atoms with Crippen molar-refractivity contribution in [2.45, 2.75) is 406 Å². The van der Waals surface area contributed by atoms with Crippen molar-refractivity contribution < 1.29 is 80.2 Å². The number of hydrogen-bond acceptors (Lipinski definition) is 15. The summed E-state index contributed by atoms with van der Waals surface area (Å²) in [5.41, 5.74) is 0. The SMILES string of the molecule is CCCCCCCCCCCCCCCCCCCCC(=O)O[C@H](COC(=O)CCCCCCCCCCCCCC(C)C)COP(=O)(O)OC[C@@H](O)COP(=O)(O)OC[C@@H](COC(=O)CCCCCCCCCCC)OC(=O)CCCCCCCCCCCCCC. The van der Waals surface area contributed by atoms with Gasteiger partial charge in [0.15, 0.2) is 12.2 Å². The average molecular weight is 1370 g/mol. The molecule has 0 aliphatic carbocycles. The molecule has 0 heterocycles. The van der Waals surface area contributed by atoms with Crippen molar-refractivity contribution in [3.05, 3.63) is 0 Å². The second kappa shape index (κ2) is 67.3. The molecule has 0 radical (unpaired) electrons. The first-order valence-corrected chi connectivity index (χ1v) is 41.6. The number of phosphoric acid groups is 2. The number of rotatable bonds is 74. The fourth-order valence-corrected chi connectivity index (χ4v) is 12.9. The van der Waals surface area contributed by atoms with Crippen LogP contribution in [0.1, 0.15) is 388 Å². The molecule has 0 aliphatic heterocycles. The van der Waals surface area contributed by atoms with Crippen molar-refractivity contribution in [2.75, 3.05) is 39.6 Å². The Labute approximate surface area is 568 Å². The average Bonchev–Trinajstić information content (AvgIpc) is 2.08. The van der Waals surface area contributed by atoms with Gasteiger partial charge in [-0.05, 0) is 31.6 Å². The van der Waals surface area contributed by atoms with Gasteiger partial charge in [-0.3, -0.25) is 37.3 Å². The van der Waals surface area contributed by atoms with Crippen LogP contribution in [0.15, 0.2) is 0 Å². The smallest absolute Gasteiger partial charge is 0.462 e. The van der Waals surface area contributed by atoms with E-state index in [0.717, 1.165) is 95.8 Å². The normalized spacial score (nSPS) is 14.0. The molecule has 0 fully saturated rings. The Morgan fingerprint density at radius 2 is 0.495 bits per heavy atom. The van der Waals surface area contributed by atoms with Gasteiger partial charge in [-0.2, -0.15) is 0 Å². The van der Waals surface area contributed by atoms with Gasteiger partial charge in [-0.25, -0.2) is 9.13 Å². The number of carbonyl (C=O) groups is 4. The van der Waals surface area contributed by atoms with Crippen LogP contribution in [0.5, 0.6) is 0 Å². The van der Waals surface area contributed by atoms with E-state index in [1.165, 1.54) is 212 Å². The van der Waals surface area contributed by atoms with Gasteiger partial charge in [-0.1, -0.05) is 336 Å². The largest absolute Gasteiger partial charge is 0.472 e. The number of aliphatic hydroxyl groups is 1. The molecule has 0 bridgehead atoms. The summed E-state index contributed by atoms with van der Waals surface area (Å²) >= 11 is 0. The van der Waals surface area contributed by atoms with Gasteiger partial charge >= 0.3 is 39.5 Å². The third-order valence-corrected chi connectivity index (χ3v) is 19.2. The maximum Gasteiger partial charge on any atom is 0.472 e. The molecule has 0 spiro atoms. The summed E-state index contributed by atoms with van der Waals surface area (Å²) in [6, 6.07) is 0. The van der Waals surface area contributed by atoms with Gasteiger partial charge in [-0.15, -0.1) is 0 Å². The van der Waals surface area contributed by atoms with Crippen LogP contribution in [0.4, 0.5) is 0 Å². The molecule has 0 aromatic rings. The fraction of sp³-hybridized carbons (Fsp3) is 0.946. The van der Waals surface area contributed by atoms with Crippen LogP contribution in [-0.4, -0.2) is 96.7 Å². The zero-order chi connectivity index (χ0) is 68.4. The third kappa shape index (κ3) is 68.4. The highest BCUT2D eigenvalue weighted by Gasteiger charge is 2.30. The molecule has 0 saturated heterocycles. The number of ether oxygens (including phenoxy) is 4. The van der Waals surface area contributed by atoms with Gasteiger partial charge in [0.1, 0.15) is 19.3 Å². The van der Waals surface area contributed by atoms with E-state index in [-0.39, 0.29) is 25.7 Å². The molecule has 552 valence electrons. The topological polar surface area (TPSA) is 237 Å². The van der Waals surface area contributed by atoms with Crippen molar-refractivity contribution in [3.8, 4) is 0 Å². The maximum atomic E-state index is 13.1. The van der Waals surface area contributed by atoms with E-state index in [9.17, 15) is 43.2 Å². The van der Waals surface area contributed by atoms with Gasteiger partial charge in [0.2, 0.25) is 0 Å². The molecule has 0 amide bonds. The van der Waals surface area contributed by atoms with Gasteiger partial charge in [0, 0.05) is 25.7 Å². The number of aliphatic hydroxyl groups excluding tert-OH is 1. The second-order valence-electron chi connectivity index (χ2n) is 27.2. The Hall–Kier alpha value is -1.94. The summed E-state index contributed by atoms with van der Waals surface area (Å²) in [7, 11) is -9.90. The third-order valence-electron chi connectivity index (χ3n) is 17.3. The Bertz CT molecular complexity index is 1790. The minimum absolute atomic E-state index is 0.108. The first-order valence-electron chi connectivity index (χ1n) is 38.6. The molecular formula is C74H144O17P2. The lowest BCUT2D eigenvalue weighted by Gasteiger charge is -2.21. The maximum absolute atomic E-state index is 13.1. The first kappa shape index (κ1) is 91.1. The molecule has 5 atom stereocenters. The van der Waals surface area contributed by atoms with Crippen molar-refractivity contribution in [3.63, 3.8) is 0 Å². The van der Waals surface area contributed by atoms with Crippen molar-refractivity contribution in [1.82, 2.24) is 0 Å². The molecule has 2 unspecified atom stereocenters. The van der Waals surface area contributed by atoms with E-state index >= 15 is 0 Å². The van der Waals surface area contributed by atoms with E-state index in [4.69, 9.17) is 37.0 Å². The predicted octanol–water partition coefficient (Wildman–Crippen LogP) is 21.7. The van der Waals surface area contributed by atoms with Crippen LogP contribution in [0.3, 0.4) is 0 Å². The molecule has 93 heavy (non-hydrogen) atoms. The highest BCUT2D eigenvalue weighted by Crippen LogP contribution is 2.45. The molecule has 0 aromatic carbocycles. The minimum Gasteiger partial charge on any atom is -0.462 e. The monoisotopic (exact) mass is 1370 g/mol. The van der Waals surface area contributed by atoms with Crippen LogP contribution < -0.4 is 0 Å². The van der Waals surface area contributed by atoms with Gasteiger partial charge in [0.05, 0.1) is 26.4 Å². The zero-order valence-electron chi connectivity index (χ0n) is 60.4. The quantitative estimate of drug-likeness (QED) is 0.0222. The summed E-state index contributed by atoms with van der Waals surface area (Å²) in [4.78, 5) is 72.7. The lowest BCUT2D eigenvalue weighted by molar-refractivity contribution is -0.161. The highest BCUT2D eigenvalue weighted by molar-refractivity contribution is 7.47. The van der Waals surface area contributed by atoms with Crippen LogP contribution in [0.2, 0.25) is 0 Å². The summed E-state index contributed by atoms with van der Waals surface area (Å²) in [5, 5.41) is 10.6. The van der Waals surface area contributed by atoms with Crippen molar-refractivity contribution in [1.29, 1.82) is 0 Å². The summed E-state index contributed by atoms with van der Waals surface area (Å²) in [5.74, 6) is -1.34. The second-order valence-corrected chi connectivity index (χ2v) is 30.1. The van der Waals surface area contributed by atoms with E-state index in [2.05, 4.69) is 34.6 Å². The lowest BCUT2D eigenvalue weighted by atomic mass is 10.0. The highest BCUT2D eigenvalue weighted by atomic mass is 31.2. The molecule has 0 rings (SSSR count). The Morgan fingerprint density at radius 3 is 0.731 bits per heavy atom. The van der Waals surface area contributed by atoms with E-state index in [0.29, 0.717) is 25.7 Å². The number of phosphoric ester groups is 2. The molecule has 3 N–H and O–H groups in total. The van der Waals surface area contributed by atoms with E-state index in [1.54, 1.807) is 0 Å². The Balaban J connectivity index is 5.22. The summed E-state index contributed by atoms with van der Waals surface area (Å²) < 4.78 is 68.4. The van der Waals surface area contributed by atoms with Crippen LogP contribution in [0.25, 0.3) is 0 Å². The van der Waals surface area contributed by atoms with Crippen molar-refractivity contribution in [2.24, 2.45) is 5.92 Å². The van der Waals surface area contributed by atoms with Gasteiger partial charge < -0.3 is 33.8 Å². The zero-order valence-corrected chi connectivity index (χ0v) is 62.2. The van der Waals surface area contributed by atoms with Crippen LogP contribution in [-0.2, 0) is 65.4 Å². The van der Waals surface area contributed by atoms with Crippen LogP contribution >= 0.6 is 15.6 Å². The number of unbranched alkanes of at least 4 members (excludes halogenated alkanes) is 46. The number of esters is 4. The van der Waals surface area contributed by atoms with E-state index in [1.807, 2.05) is 0 Å². The summed E-state index contributed by atoms with van der Waals surface area (Å²) in [6.45, 7) is 7.27. The molecule has 0 aliphatic rings. The Kier molecular flexibility index (Phi) is 65.9. The number of carbonyl (C=O) groups excluding carboxylic acids is 4. The number of hydrogen-bond donors (Lipinski definition) is 3. The fourth-order valence-electron chi connectivity index (χ4n) is 11.4. The van der Waals surface area contributed by atoms with Crippen molar-refractivity contribution >= 4 is 39.5 Å². The lowest BCUT2D eigenvalue weighted by Crippen LogP contribution is -2.30. The Morgan fingerprint density at radius 1 is 0.290 bits per heavy atom. The first-order chi connectivity index (χ1) is 45.0. The van der Waals surface area contributed by atoms with Crippen LogP contribution in [0, 0.1) is 5.92 Å². The van der Waals surface area contributed by atoms with E-state index < -0.39 is 97.5 Å². The standard InChI is InChI=1S/C74H144O17P2/c1-6-9-12-15-18-21-23-25-26-27-28-29-30-34-40-45-50-55-60-74(79)91-70(64-85-72(77)58-53-48-43-38-35-31-32-37-41-46-51-56-67(4)5)66-89-93(82,83)87-62-68(75)61-86-92(80,81)88-65-69(63-84-71(76)57-52-47-42-36-20-17-14-11-8-3)90-73(78)59-54-49-44-39-33-24-22-19-16-13-10-7-2/h67-70,75H,6-66H2,1-5H3,(H,80,81)(H,82,83)/t68-,69+,70+/m0/s1. The predicted molar refractivity (Wildman–Crippen MR) is 377 cm³/mol. The molecule has 17 nitrogen and oxygen atoms in total. The molecular weight excluding hydrogens is 1220 g/mol. The minimum atomic E-state index is -4.95. The van der Waals surface area contributed by atoms with Gasteiger partial charge in [0.25, 0.3) is 0 Å². The molecule has 0 aromatic heterocycles.